The lowest BCUT2D eigenvalue weighted by atomic mass is 9.62. The maximum atomic E-state index is 12.5. The van der Waals surface area contributed by atoms with E-state index in [0.717, 1.165) is 12.0 Å². The fourth-order valence-electron chi connectivity index (χ4n) is 4.63. The van der Waals surface area contributed by atoms with Crippen molar-refractivity contribution < 1.29 is 14.3 Å². The lowest BCUT2D eigenvalue weighted by molar-refractivity contribution is -0.136. The SMILES string of the molecule is C=C(C(=O)OCC)c1cc(-c2cc3c(cc2C)C(C)(C)CCC3(C)C)ccc1OCCC. The molecule has 172 valence electrons. The molecular formula is C29H38O3. The predicted molar refractivity (Wildman–Crippen MR) is 133 cm³/mol. The lowest BCUT2D eigenvalue weighted by Gasteiger charge is -2.42. The van der Waals surface area contributed by atoms with Gasteiger partial charge in [0.25, 0.3) is 0 Å². The number of benzene rings is 2. The van der Waals surface area contributed by atoms with Crippen molar-refractivity contribution in [2.45, 2.75) is 78.6 Å². The number of esters is 1. The molecule has 1 aliphatic rings. The number of carbonyl (C=O) groups is 1. The van der Waals surface area contributed by atoms with Gasteiger partial charge in [0.1, 0.15) is 5.75 Å². The van der Waals surface area contributed by atoms with E-state index in [9.17, 15) is 4.79 Å². The zero-order valence-electron chi connectivity index (χ0n) is 20.9. The first-order valence-corrected chi connectivity index (χ1v) is 11.8. The second-order valence-electron chi connectivity index (χ2n) is 10.2. The van der Waals surface area contributed by atoms with Crippen molar-refractivity contribution in [3.63, 3.8) is 0 Å². The molecule has 2 aromatic rings. The third-order valence-electron chi connectivity index (χ3n) is 6.80. The Balaban J connectivity index is 2.15. The standard InChI is InChI=1S/C29H38O3/c1-9-15-32-26-12-11-21(17-23(26)20(4)27(30)31-10-2)22-18-25-24(16-19(22)3)28(5,6)13-14-29(25,7)8/h11-12,16-18H,4,9-10,13-15H2,1-3,5-8H3. The fourth-order valence-corrected chi connectivity index (χ4v) is 4.63. The highest BCUT2D eigenvalue weighted by Gasteiger charge is 2.37. The van der Waals surface area contributed by atoms with E-state index in [2.05, 4.69) is 66.3 Å². The smallest absolute Gasteiger partial charge is 0.338 e. The summed E-state index contributed by atoms with van der Waals surface area (Å²) in [7, 11) is 0. The number of hydrogen-bond acceptors (Lipinski definition) is 3. The Morgan fingerprint density at radius 3 is 2.22 bits per heavy atom. The Bertz CT molecular complexity index is 1030. The molecular weight excluding hydrogens is 396 g/mol. The number of fused-ring (bicyclic) bond motifs is 1. The van der Waals surface area contributed by atoms with Gasteiger partial charge in [-0.3, -0.25) is 0 Å². The van der Waals surface area contributed by atoms with Gasteiger partial charge >= 0.3 is 5.97 Å². The number of ether oxygens (including phenoxy) is 2. The molecule has 0 spiro atoms. The van der Waals surface area contributed by atoms with Crippen LogP contribution in [0.5, 0.6) is 5.75 Å². The molecule has 3 heteroatoms. The zero-order chi connectivity index (χ0) is 23.7. The minimum absolute atomic E-state index is 0.134. The summed E-state index contributed by atoms with van der Waals surface area (Å²) in [5.41, 5.74) is 7.71. The summed E-state index contributed by atoms with van der Waals surface area (Å²) in [5.74, 6) is 0.266. The molecule has 2 aromatic carbocycles. The van der Waals surface area contributed by atoms with Gasteiger partial charge in [0.2, 0.25) is 0 Å². The first-order chi connectivity index (χ1) is 15.0. The van der Waals surface area contributed by atoms with E-state index in [1.54, 1.807) is 6.92 Å². The van der Waals surface area contributed by atoms with Crippen molar-refractivity contribution in [2.24, 2.45) is 0 Å². The van der Waals surface area contributed by atoms with Crippen molar-refractivity contribution in [1.82, 2.24) is 0 Å². The van der Waals surface area contributed by atoms with Crippen LogP contribution < -0.4 is 4.74 Å². The highest BCUT2D eigenvalue weighted by Crippen LogP contribution is 2.48. The molecule has 0 N–H and O–H groups in total. The quantitative estimate of drug-likeness (QED) is 0.337. The molecule has 0 unspecified atom stereocenters. The summed E-state index contributed by atoms with van der Waals surface area (Å²) in [6, 6.07) is 10.8. The molecule has 3 rings (SSSR count). The van der Waals surface area contributed by atoms with E-state index in [1.807, 2.05) is 12.1 Å². The van der Waals surface area contributed by atoms with Gasteiger partial charge in [0.05, 0.1) is 18.8 Å². The summed E-state index contributed by atoms with van der Waals surface area (Å²) in [6.45, 7) is 20.4. The minimum atomic E-state index is -0.406. The Labute approximate surface area is 193 Å². The van der Waals surface area contributed by atoms with Gasteiger partial charge in [0.15, 0.2) is 0 Å². The maximum absolute atomic E-state index is 12.5. The average molecular weight is 435 g/mol. The van der Waals surface area contributed by atoms with Crippen LogP contribution in [0.25, 0.3) is 16.7 Å². The molecule has 0 heterocycles. The van der Waals surface area contributed by atoms with Crippen LogP contribution >= 0.6 is 0 Å². The summed E-state index contributed by atoms with van der Waals surface area (Å²) in [5, 5.41) is 0. The molecule has 0 radical (unpaired) electrons. The summed E-state index contributed by atoms with van der Waals surface area (Å²) < 4.78 is 11.2. The highest BCUT2D eigenvalue weighted by molar-refractivity contribution is 6.16. The third-order valence-corrected chi connectivity index (χ3v) is 6.80. The average Bonchev–Trinajstić information content (AvgIpc) is 2.75. The number of aryl methyl sites for hydroxylation is 1. The van der Waals surface area contributed by atoms with E-state index >= 15 is 0 Å². The van der Waals surface area contributed by atoms with Crippen molar-refractivity contribution >= 4 is 11.5 Å². The lowest BCUT2D eigenvalue weighted by Crippen LogP contribution is -2.34. The van der Waals surface area contributed by atoms with Gasteiger partial charge in [-0.05, 0) is 83.9 Å². The van der Waals surface area contributed by atoms with Gasteiger partial charge in [0, 0.05) is 5.56 Å². The summed E-state index contributed by atoms with van der Waals surface area (Å²) in [4.78, 5) is 12.5. The molecule has 0 fully saturated rings. The van der Waals surface area contributed by atoms with Crippen molar-refractivity contribution in [3.8, 4) is 16.9 Å². The summed E-state index contributed by atoms with van der Waals surface area (Å²) in [6.07, 6.45) is 3.25. The van der Waals surface area contributed by atoms with Crippen LogP contribution in [0.2, 0.25) is 0 Å². The first kappa shape index (κ1) is 24.1. The molecule has 0 aromatic heterocycles. The van der Waals surface area contributed by atoms with Crippen LogP contribution in [-0.2, 0) is 20.4 Å². The molecule has 32 heavy (non-hydrogen) atoms. The Morgan fingerprint density at radius 1 is 1.00 bits per heavy atom. The molecule has 1 aliphatic carbocycles. The largest absolute Gasteiger partial charge is 0.493 e. The summed E-state index contributed by atoms with van der Waals surface area (Å²) >= 11 is 0. The maximum Gasteiger partial charge on any atom is 0.338 e. The van der Waals surface area contributed by atoms with Crippen LogP contribution in [0.3, 0.4) is 0 Å². The molecule has 0 saturated carbocycles. The van der Waals surface area contributed by atoms with Crippen LogP contribution in [-0.4, -0.2) is 19.2 Å². The van der Waals surface area contributed by atoms with E-state index in [0.29, 0.717) is 30.1 Å². The van der Waals surface area contributed by atoms with E-state index in [-0.39, 0.29) is 10.8 Å². The topological polar surface area (TPSA) is 35.5 Å². The third kappa shape index (κ3) is 4.62. The van der Waals surface area contributed by atoms with Gasteiger partial charge in [-0.15, -0.1) is 0 Å². The number of carbonyl (C=O) groups excluding carboxylic acids is 1. The van der Waals surface area contributed by atoms with Crippen molar-refractivity contribution in [2.75, 3.05) is 13.2 Å². The van der Waals surface area contributed by atoms with Crippen LogP contribution in [0.1, 0.15) is 83.1 Å². The predicted octanol–water partition coefficient (Wildman–Crippen LogP) is 7.38. The molecule has 3 nitrogen and oxygen atoms in total. The van der Waals surface area contributed by atoms with Crippen LogP contribution in [0, 0.1) is 6.92 Å². The molecule has 0 aliphatic heterocycles. The zero-order valence-corrected chi connectivity index (χ0v) is 20.9. The van der Waals surface area contributed by atoms with Crippen LogP contribution in [0.15, 0.2) is 36.9 Å². The molecule has 0 amide bonds. The van der Waals surface area contributed by atoms with E-state index in [1.165, 1.54) is 35.1 Å². The first-order valence-electron chi connectivity index (χ1n) is 11.8. The molecule has 0 atom stereocenters. The molecule has 0 bridgehead atoms. The second kappa shape index (κ2) is 9.13. The van der Waals surface area contributed by atoms with E-state index in [4.69, 9.17) is 9.47 Å². The Kier molecular flexibility index (Phi) is 6.88. The van der Waals surface area contributed by atoms with Crippen molar-refractivity contribution in [3.05, 3.63) is 59.2 Å². The Morgan fingerprint density at radius 2 is 1.62 bits per heavy atom. The van der Waals surface area contributed by atoms with Gasteiger partial charge in [-0.2, -0.15) is 0 Å². The number of rotatable bonds is 7. The fraction of sp³-hybridized carbons (Fsp3) is 0.483. The normalized spacial score (nSPS) is 16.2. The van der Waals surface area contributed by atoms with Gasteiger partial charge < -0.3 is 9.47 Å². The van der Waals surface area contributed by atoms with E-state index < -0.39 is 5.97 Å². The number of hydrogen-bond donors (Lipinski definition) is 0. The van der Waals surface area contributed by atoms with Crippen LogP contribution in [0.4, 0.5) is 0 Å². The molecule has 0 saturated heterocycles. The van der Waals surface area contributed by atoms with Gasteiger partial charge in [-0.1, -0.05) is 59.4 Å². The second-order valence-corrected chi connectivity index (χ2v) is 10.2. The monoisotopic (exact) mass is 434 g/mol. The van der Waals surface area contributed by atoms with Gasteiger partial charge in [-0.25, -0.2) is 4.79 Å². The Hall–Kier alpha value is -2.55. The highest BCUT2D eigenvalue weighted by atomic mass is 16.5. The minimum Gasteiger partial charge on any atom is -0.493 e. The van der Waals surface area contributed by atoms with Crippen molar-refractivity contribution in [1.29, 1.82) is 0 Å².